The lowest BCUT2D eigenvalue weighted by molar-refractivity contribution is -0.692. The Balaban J connectivity index is 1.96. The van der Waals surface area contributed by atoms with Gasteiger partial charge in [0.1, 0.15) is 17.6 Å². The summed E-state index contributed by atoms with van der Waals surface area (Å²) in [7, 11) is 1.59. The maximum absolute atomic E-state index is 13.1. The molecule has 0 aliphatic carbocycles. The molecule has 0 unspecified atom stereocenters. The molecule has 0 saturated heterocycles. The van der Waals surface area contributed by atoms with E-state index in [0.29, 0.717) is 17.4 Å². The van der Waals surface area contributed by atoms with Gasteiger partial charge in [-0.25, -0.2) is 4.39 Å². The van der Waals surface area contributed by atoms with Gasteiger partial charge in [0, 0.05) is 23.2 Å². The Labute approximate surface area is 142 Å². The largest absolute Gasteiger partial charge is 0.497 e. The summed E-state index contributed by atoms with van der Waals surface area (Å²) in [5.41, 5.74) is 1.72. The molecule has 0 radical (unpaired) electrons. The first-order valence-corrected chi connectivity index (χ1v) is 8.02. The molecule has 4 nitrogen and oxygen atoms in total. The van der Waals surface area contributed by atoms with Gasteiger partial charge in [-0.2, -0.15) is 0 Å². The summed E-state index contributed by atoms with van der Waals surface area (Å²) in [4.78, 5) is 12.2. The first kappa shape index (κ1) is 17.9. The molecule has 0 aliphatic heterocycles. The summed E-state index contributed by atoms with van der Waals surface area (Å²) in [6, 6.07) is 13.8. The van der Waals surface area contributed by atoms with Crippen molar-refractivity contribution in [2.24, 2.45) is 5.92 Å². The Morgan fingerprint density at radius 1 is 1.21 bits per heavy atom. The van der Waals surface area contributed by atoms with Crippen LogP contribution in [0.3, 0.4) is 0 Å². The maximum atomic E-state index is 13.1. The molecule has 0 spiro atoms. The number of rotatable bonds is 7. The van der Waals surface area contributed by atoms with Gasteiger partial charge >= 0.3 is 0 Å². The minimum absolute atomic E-state index is 0.0870. The molecular weight excluding hydrogens is 307 g/mol. The summed E-state index contributed by atoms with van der Waals surface area (Å²) in [5.74, 6) is 0.677. The van der Waals surface area contributed by atoms with Crippen LogP contribution in [0.15, 0.2) is 48.5 Å². The van der Waals surface area contributed by atoms with Crippen molar-refractivity contribution >= 4 is 11.6 Å². The van der Waals surface area contributed by atoms with Crippen LogP contribution in [0, 0.1) is 11.7 Å². The highest BCUT2D eigenvalue weighted by molar-refractivity contribution is 5.91. The van der Waals surface area contributed by atoms with Gasteiger partial charge in [0.2, 0.25) is 0 Å². The summed E-state index contributed by atoms with van der Waals surface area (Å²) in [6.45, 7) is 4.46. The molecule has 0 saturated carbocycles. The average molecular weight is 331 g/mol. The van der Waals surface area contributed by atoms with E-state index in [9.17, 15) is 9.18 Å². The van der Waals surface area contributed by atoms with Crippen LogP contribution >= 0.6 is 0 Å². The number of nitrogens with one attached hydrogen (secondary N) is 1. The van der Waals surface area contributed by atoms with E-state index < -0.39 is 0 Å². The van der Waals surface area contributed by atoms with E-state index in [2.05, 4.69) is 19.2 Å². The lowest BCUT2D eigenvalue weighted by atomic mass is 9.96. The third kappa shape index (κ3) is 5.06. The Morgan fingerprint density at radius 3 is 2.54 bits per heavy atom. The van der Waals surface area contributed by atoms with E-state index >= 15 is 0 Å². The van der Waals surface area contributed by atoms with E-state index in [4.69, 9.17) is 4.74 Å². The summed E-state index contributed by atoms with van der Waals surface area (Å²) >= 11 is 0. The Morgan fingerprint density at radius 2 is 1.92 bits per heavy atom. The zero-order chi connectivity index (χ0) is 17.5. The van der Waals surface area contributed by atoms with Crippen molar-refractivity contribution in [1.82, 2.24) is 0 Å². The maximum Gasteiger partial charge on any atom is 0.279 e. The normalized spacial score (nSPS) is 12.0. The van der Waals surface area contributed by atoms with Crippen LogP contribution in [0.4, 0.5) is 10.1 Å². The number of halogens is 1. The van der Waals surface area contributed by atoms with Gasteiger partial charge < -0.3 is 15.4 Å². The number of ether oxygens (including phenoxy) is 1. The third-order valence-electron chi connectivity index (χ3n) is 3.88. The monoisotopic (exact) mass is 331 g/mol. The fourth-order valence-corrected chi connectivity index (χ4v) is 2.63. The molecule has 1 amide bonds. The third-order valence-corrected chi connectivity index (χ3v) is 3.88. The number of benzene rings is 2. The van der Waals surface area contributed by atoms with Crippen LogP contribution in [-0.4, -0.2) is 19.6 Å². The van der Waals surface area contributed by atoms with Crippen molar-refractivity contribution < 1.29 is 19.2 Å². The number of nitrogens with two attached hydrogens (primary N) is 1. The summed E-state index contributed by atoms with van der Waals surface area (Å²) in [6.07, 6.45) is 0. The van der Waals surface area contributed by atoms with Crippen molar-refractivity contribution in [3.8, 4) is 5.75 Å². The minimum Gasteiger partial charge on any atom is -0.497 e. The molecule has 24 heavy (non-hydrogen) atoms. The number of amides is 1. The standard InChI is InChI=1S/C19H23FN2O2/c1-13(2)19(14-7-9-15(20)10-8-14)21-12-18(23)22-16-5-4-6-17(11-16)24-3/h4-11,13,19,21H,12H2,1-3H3,(H,22,23)/p+1/t19-/m0/s1. The molecule has 0 fully saturated rings. The predicted octanol–water partition coefficient (Wildman–Crippen LogP) is 2.73. The van der Waals surface area contributed by atoms with E-state index in [1.54, 1.807) is 25.3 Å². The number of carbonyl (C=O) groups is 1. The van der Waals surface area contributed by atoms with Gasteiger partial charge in [0.25, 0.3) is 5.91 Å². The average Bonchev–Trinajstić information content (AvgIpc) is 2.56. The van der Waals surface area contributed by atoms with Crippen molar-refractivity contribution in [1.29, 1.82) is 0 Å². The van der Waals surface area contributed by atoms with Crippen molar-refractivity contribution in [3.05, 3.63) is 59.9 Å². The second-order valence-corrected chi connectivity index (χ2v) is 6.04. The van der Waals surface area contributed by atoms with Crippen LogP contribution in [0.2, 0.25) is 0 Å². The van der Waals surface area contributed by atoms with Gasteiger partial charge in [0.15, 0.2) is 6.54 Å². The van der Waals surface area contributed by atoms with Crippen LogP contribution in [-0.2, 0) is 4.79 Å². The SMILES string of the molecule is COc1cccc(NC(=O)C[NH2+][C@H](c2ccc(F)cc2)C(C)C)c1. The number of quaternary nitrogens is 1. The van der Waals surface area contributed by atoms with Crippen molar-refractivity contribution in [2.45, 2.75) is 19.9 Å². The number of methoxy groups -OCH3 is 1. The Bertz CT molecular complexity index is 671. The first-order chi connectivity index (χ1) is 11.5. The molecule has 5 heteroatoms. The van der Waals surface area contributed by atoms with Gasteiger partial charge in [-0.05, 0) is 24.3 Å². The van der Waals surface area contributed by atoms with Crippen LogP contribution < -0.4 is 15.4 Å². The van der Waals surface area contributed by atoms with Crippen molar-refractivity contribution in [2.75, 3.05) is 19.0 Å². The zero-order valence-electron chi connectivity index (χ0n) is 14.3. The second-order valence-electron chi connectivity index (χ2n) is 6.04. The quantitative estimate of drug-likeness (QED) is 0.820. The topological polar surface area (TPSA) is 54.9 Å². The fraction of sp³-hybridized carbons (Fsp3) is 0.316. The van der Waals surface area contributed by atoms with Gasteiger partial charge in [-0.15, -0.1) is 0 Å². The molecule has 0 bridgehead atoms. The van der Waals surface area contributed by atoms with E-state index in [-0.39, 0.29) is 24.3 Å². The van der Waals surface area contributed by atoms with Crippen LogP contribution in [0.25, 0.3) is 0 Å². The molecule has 0 heterocycles. The van der Waals surface area contributed by atoms with Crippen LogP contribution in [0.1, 0.15) is 25.5 Å². The highest BCUT2D eigenvalue weighted by Gasteiger charge is 2.20. The first-order valence-electron chi connectivity index (χ1n) is 8.02. The molecular formula is C19H24FN2O2+. The van der Waals surface area contributed by atoms with E-state index in [0.717, 1.165) is 5.56 Å². The molecule has 2 aromatic carbocycles. The number of hydrogen-bond acceptors (Lipinski definition) is 2. The summed E-state index contributed by atoms with van der Waals surface area (Å²) < 4.78 is 18.2. The predicted molar refractivity (Wildman–Crippen MR) is 92.4 cm³/mol. The smallest absolute Gasteiger partial charge is 0.279 e. The van der Waals surface area contributed by atoms with Crippen LogP contribution in [0.5, 0.6) is 5.75 Å². The summed E-state index contributed by atoms with van der Waals surface area (Å²) in [5, 5.41) is 4.84. The minimum atomic E-state index is -0.253. The lowest BCUT2D eigenvalue weighted by Gasteiger charge is -2.19. The molecule has 1 atom stereocenters. The molecule has 128 valence electrons. The fourth-order valence-electron chi connectivity index (χ4n) is 2.63. The van der Waals surface area contributed by atoms with Gasteiger partial charge in [-0.1, -0.05) is 32.0 Å². The molecule has 0 aromatic heterocycles. The van der Waals surface area contributed by atoms with E-state index in [1.807, 2.05) is 23.5 Å². The number of hydrogen-bond donors (Lipinski definition) is 2. The molecule has 2 aromatic rings. The second kappa shape index (κ2) is 8.45. The molecule has 0 aliphatic rings. The Hall–Kier alpha value is -2.40. The number of anilines is 1. The zero-order valence-corrected chi connectivity index (χ0v) is 14.3. The van der Waals surface area contributed by atoms with Gasteiger partial charge in [0.05, 0.1) is 7.11 Å². The lowest BCUT2D eigenvalue weighted by Crippen LogP contribution is -2.88. The highest BCUT2D eigenvalue weighted by atomic mass is 19.1. The van der Waals surface area contributed by atoms with Gasteiger partial charge in [-0.3, -0.25) is 4.79 Å². The molecule has 3 N–H and O–H groups in total. The molecule has 2 rings (SSSR count). The Kier molecular flexibility index (Phi) is 6.32. The highest BCUT2D eigenvalue weighted by Crippen LogP contribution is 2.18. The van der Waals surface area contributed by atoms with E-state index in [1.165, 1.54) is 12.1 Å². The number of carbonyl (C=O) groups excluding carboxylic acids is 1. The van der Waals surface area contributed by atoms with Crippen molar-refractivity contribution in [3.63, 3.8) is 0 Å².